The van der Waals surface area contributed by atoms with Crippen molar-refractivity contribution in [3.63, 3.8) is 0 Å². The van der Waals surface area contributed by atoms with Crippen molar-refractivity contribution in [1.29, 1.82) is 0 Å². The summed E-state index contributed by atoms with van der Waals surface area (Å²) < 4.78 is 0. The van der Waals surface area contributed by atoms with E-state index in [2.05, 4.69) is 0 Å². The summed E-state index contributed by atoms with van der Waals surface area (Å²) >= 11 is 0. The third-order valence-corrected chi connectivity index (χ3v) is 4.27. The molecular weight excluding hydrogens is 234 g/mol. The van der Waals surface area contributed by atoms with E-state index in [1.807, 2.05) is 0 Å². The Morgan fingerprint density at radius 1 is 1.06 bits per heavy atom. The van der Waals surface area contributed by atoms with Crippen molar-refractivity contribution in [2.45, 2.75) is 44.6 Å². The summed E-state index contributed by atoms with van der Waals surface area (Å²) in [6, 6.07) is -0.103. The molecule has 3 atom stereocenters. The van der Waals surface area contributed by atoms with Gasteiger partial charge in [0, 0.05) is 6.54 Å². The van der Waals surface area contributed by atoms with Crippen LogP contribution in [0.3, 0.4) is 0 Å². The Balaban J connectivity index is 2.08. The highest BCUT2D eigenvalue weighted by Gasteiger charge is 2.40. The van der Waals surface area contributed by atoms with Gasteiger partial charge in [-0.2, -0.15) is 0 Å². The van der Waals surface area contributed by atoms with E-state index in [9.17, 15) is 19.8 Å². The lowest BCUT2D eigenvalue weighted by Gasteiger charge is -2.33. The van der Waals surface area contributed by atoms with Crippen molar-refractivity contribution >= 4 is 11.9 Å². The van der Waals surface area contributed by atoms with E-state index in [1.54, 1.807) is 4.90 Å². The molecule has 0 aromatic heterocycles. The fourth-order valence-corrected chi connectivity index (χ4v) is 3.25. The molecule has 1 saturated carbocycles. The highest BCUT2D eigenvalue weighted by atomic mass is 16.4. The minimum Gasteiger partial charge on any atom is -0.481 e. The second kappa shape index (κ2) is 5.69. The predicted molar refractivity (Wildman–Crippen MR) is 64.9 cm³/mol. The van der Waals surface area contributed by atoms with Gasteiger partial charge in [0.25, 0.3) is 0 Å². The van der Waals surface area contributed by atoms with Gasteiger partial charge in [0.2, 0.25) is 5.91 Å². The van der Waals surface area contributed by atoms with Gasteiger partial charge in [0.1, 0.15) is 0 Å². The summed E-state index contributed by atoms with van der Waals surface area (Å²) in [6.07, 6.45) is 4.82. The van der Waals surface area contributed by atoms with Gasteiger partial charge in [-0.3, -0.25) is 9.59 Å². The maximum Gasteiger partial charge on any atom is 0.307 e. The number of likely N-dealkylation sites (tertiary alicyclic amines) is 1. The van der Waals surface area contributed by atoms with Gasteiger partial charge in [-0.1, -0.05) is 12.8 Å². The molecule has 2 fully saturated rings. The molecule has 102 valence electrons. The second-order valence-electron chi connectivity index (χ2n) is 5.35. The van der Waals surface area contributed by atoms with Crippen LogP contribution in [0.5, 0.6) is 0 Å². The van der Waals surface area contributed by atoms with Crippen LogP contribution < -0.4 is 0 Å². The van der Waals surface area contributed by atoms with E-state index in [-0.39, 0.29) is 24.5 Å². The van der Waals surface area contributed by atoms with E-state index in [0.717, 1.165) is 25.7 Å². The SMILES string of the molecule is O=C(O)C1CCCCC1C(=O)N1CCC[C@@H]1CO. The number of aliphatic hydroxyl groups excluding tert-OH is 1. The van der Waals surface area contributed by atoms with Crippen molar-refractivity contribution in [1.82, 2.24) is 4.90 Å². The third kappa shape index (κ3) is 2.51. The normalized spacial score (nSPS) is 32.5. The van der Waals surface area contributed by atoms with Crippen molar-refractivity contribution in [3.8, 4) is 0 Å². The summed E-state index contributed by atoms with van der Waals surface area (Å²) in [5.74, 6) is -1.83. The van der Waals surface area contributed by atoms with Gasteiger partial charge in [-0.15, -0.1) is 0 Å². The number of carbonyl (C=O) groups is 2. The van der Waals surface area contributed by atoms with Crippen LogP contribution in [0.25, 0.3) is 0 Å². The Morgan fingerprint density at radius 2 is 1.72 bits per heavy atom. The van der Waals surface area contributed by atoms with Gasteiger partial charge in [0.05, 0.1) is 24.5 Å². The molecule has 2 aliphatic rings. The largest absolute Gasteiger partial charge is 0.481 e. The van der Waals surface area contributed by atoms with Crippen LogP contribution in [0, 0.1) is 11.8 Å². The molecule has 5 heteroatoms. The van der Waals surface area contributed by atoms with Gasteiger partial charge in [0.15, 0.2) is 0 Å². The number of aliphatic carboxylic acids is 1. The number of carbonyl (C=O) groups excluding carboxylic acids is 1. The molecule has 0 aromatic carbocycles. The van der Waals surface area contributed by atoms with Gasteiger partial charge in [-0.05, 0) is 25.7 Å². The Labute approximate surface area is 107 Å². The van der Waals surface area contributed by atoms with Crippen molar-refractivity contribution in [3.05, 3.63) is 0 Å². The fraction of sp³-hybridized carbons (Fsp3) is 0.846. The summed E-state index contributed by atoms with van der Waals surface area (Å²) in [5.41, 5.74) is 0. The van der Waals surface area contributed by atoms with Crippen LogP contribution in [0.1, 0.15) is 38.5 Å². The average Bonchev–Trinajstić information content (AvgIpc) is 2.86. The highest BCUT2D eigenvalue weighted by Crippen LogP contribution is 2.33. The Kier molecular flexibility index (Phi) is 4.22. The van der Waals surface area contributed by atoms with E-state index in [1.165, 1.54) is 0 Å². The molecule has 0 spiro atoms. The van der Waals surface area contributed by atoms with Crippen molar-refractivity contribution in [2.75, 3.05) is 13.2 Å². The lowest BCUT2D eigenvalue weighted by atomic mass is 9.78. The monoisotopic (exact) mass is 255 g/mol. The number of rotatable bonds is 3. The first kappa shape index (κ1) is 13.3. The molecule has 2 unspecified atom stereocenters. The summed E-state index contributed by atoms with van der Waals surface area (Å²) in [7, 11) is 0. The van der Waals surface area contributed by atoms with E-state index in [4.69, 9.17) is 0 Å². The first-order valence-corrected chi connectivity index (χ1v) is 6.79. The van der Waals surface area contributed by atoms with Gasteiger partial charge < -0.3 is 15.1 Å². The molecule has 18 heavy (non-hydrogen) atoms. The lowest BCUT2D eigenvalue weighted by Crippen LogP contribution is -2.45. The lowest BCUT2D eigenvalue weighted by molar-refractivity contribution is -0.153. The zero-order chi connectivity index (χ0) is 13.1. The Morgan fingerprint density at radius 3 is 2.33 bits per heavy atom. The Hall–Kier alpha value is -1.10. The van der Waals surface area contributed by atoms with Crippen LogP contribution in [0.2, 0.25) is 0 Å². The maximum atomic E-state index is 12.4. The second-order valence-corrected chi connectivity index (χ2v) is 5.35. The summed E-state index contributed by atoms with van der Waals surface area (Å²) in [6.45, 7) is 0.642. The summed E-state index contributed by atoms with van der Waals surface area (Å²) in [5, 5.41) is 18.5. The van der Waals surface area contributed by atoms with Gasteiger partial charge >= 0.3 is 5.97 Å². The molecule has 2 N–H and O–H groups in total. The van der Waals surface area contributed by atoms with Crippen LogP contribution in [-0.2, 0) is 9.59 Å². The Bertz CT molecular complexity index is 331. The van der Waals surface area contributed by atoms with Crippen molar-refractivity contribution in [2.24, 2.45) is 11.8 Å². The molecule has 1 heterocycles. The van der Waals surface area contributed by atoms with E-state index >= 15 is 0 Å². The zero-order valence-corrected chi connectivity index (χ0v) is 10.5. The molecule has 0 radical (unpaired) electrons. The average molecular weight is 255 g/mol. The minimum atomic E-state index is -0.854. The van der Waals surface area contributed by atoms with Crippen LogP contribution in [0.4, 0.5) is 0 Å². The van der Waals surface area contributed by atoms with E-state index in [0.29, 0.717) is 19.4 Å². The van der Waals surface area contributed by atoms with E-state index < -0.39 is 11.9 Å². The topological polar surface area (TPSA) is 77.8 Å². The minimum absolute atomic E-state index is 0.0177. The molecular formula is C13H21NO4. The molecule has 5 nitrogen and oxygen atoms in total. The molecule has 0 bridgehead atoms. The molecule has 1 aliphatic carbocycles. The van der Waals surface area contributed by atoms with Crippen molar-refractivity contribution < 1.29 is 19.8 Å². The van der Waals surface area contributed by atoms with Crippen LogP contribution >= 0.6 is 0 Å². The molecule has 0 aromatic rings. The zero-order valence-electron chi connectivity index (χ0n) is 10.5. The number of nitrogens with zero attached hydrogens (tertiary/aromatic N) is 1. The third-order valence-electron chi connectivity index (χ3n) is 4.27. The number of hydrogen-bond acceptors (Lipinski definition) is 3. The summed E-state index contributed by atoms with van der Waals surface area (Å²) in [4.78, 5) is 25.4. The predicted octanol–water partition coefficient (Wildman–Crippen LogP) is 0.861. The number of hydrogen-bond donors (Lipinski definition) is 2. The molecule has 1 amide bonds. The molecule has 1 aliphatic heterocycles. The van der Waals surface area contributed by atoms with Gasteiger partial charge in [-0.25, -0.2) is 0 Å². The fourth-order valence-electron chi connectivity index (χ4n) is 3.25. The molecule has 1 saturated heterocycles. The highest BCUT2D eigenvalue weighted by molar-refractivity contribution is 5.85. The number of amides is 1. The number of carboxylic acid groups (broad SMARTS) is 1. The quantitative estimate of drug-likeness (QED) is 0.784. The number of aliphatic hydroxyl groups is 1. The first-order valence-electron chi connectivity index (χ1n) is 6.79. The number of carboxylic acids is 1. The standard InChI is InChI=1S/C13H21NO4/c15-8-9-4-3-7-14(9)12(16)10-5-1-2-6-11(10)13(17)18/h9-11,15H,1-8H2,(H,17,18)/t9-,10?,11?/m1/s1. The smallest absolute Gasteiger partial charge is 0.307 e. The molecule has 2 rings (SSSR count). The maximum absolute atomic E-state index is 12.4. The van der Waals surface area contributed by atoms with Crippen LogP contribution in [-0.4, -0.2) is 46.2 Å². The van der Waals surface area contributed by atoms with Crippen LogP contribution in [0.15, 0.2) is 0 Å². The first-order chi connectivity index (χ1) is 8.65.